The summed E-state index contributed by atoms with van der Waals surface area (Å²) in [5.41, 5.74) is 0.586. The maximum atomic E-state index is 12.5. The third-order valence-electron chi connectivity index (χ3n) is 3.03. The molecule has 0 fully saturated rings. The SMILES string of the molecule is Cc1cc2c(cc1S(=O)(=O)Nc1ccccn1)OCCO2. The second kappa shape index (κ2) is 5.25. The highest BCUT2D eigenvalue weighted by Gasteiger charge is 2.22. The van der Waals surface area contributed by atoms with Crippen molar-refractivity contribution in [3.63, 3.8) is 0 Å². The van der Waals surface area contributed by atoms with Gasteiger partial charge in [0.2, 0.25) is 0 Å². The summed E-state index contributed by atoms with van der Waals surface area (Å²) < 4.78 is 38.2. The second-order valence-electron chi connectivity index (χ2n) is 4.58. The van der Waals surface area contributed by atoms with E-state index < -0.39 is 10.0 Å². The zero-order valence-electron chi connectivity index (χ0n) is 11.4. The van der Waals surface area contributed by atoms with E-state index in [1.165, 1.54) is 12.3 Å². The van der Waals surface area contributed by atoms with Gasteiger partial charge in [0.15, 0.2) is 11.5 Å². The van der Waals surface area contributed by atoms with Gasteiger partial charge in [-0.3, -0.25) is 4.72 Å². The minimum atomic E-state index is -3.73. The van der Waals surface area contributed by atoms with Crippen molar-refractivity contribution in [3.8, 4) is 11.5 Å². The van der Waals surface area contributed by atoms with Crippen LogP contribution in [-0.4, -0.2) is 26.6 Å². The largest absolute Gasteiger partial charge is 0.486 e. The monoisotopic (exact) mass is 306 g/mol. The molecule has 0 unspecified atom stereocenters. The molecular formula is C14H14N2O4S. The van der Waals surface area contributed by atoms with E-state index in [-0.39, 0.29) is 10.7 Å². The number of fused-ring (bicyclic) bond motifs is 1. The maximum Gasteiger partial charge on any atom is 0.263 e. The van der Waals surface area contributed by atoms with E-state index in [9.17, 15) is 8.42 Å². The molecule has 0 amide bonds. The lowest BCUT2D eigenvalue weighted by Crippen LogP contribution is -2.18. The molecule has 0 saturated carbocycles. The Morgan fingerprint density at radius 1 is 1.14 bits per heavy atom. The summed E-state index contributed by atoms with van der Waals surface area (Å²) in [7, 11) is -3.73. The van der Waals surface area contributed by atoms with E-state index in [2.05, 4.69) is 9.71 Å². The zero-order chi connectivity index (χ0) is 14.9. The standard InChI is InChI=1S/C14H14N2O4S/c1-10-8-11-12(20-7-6-19-11)9-13(10)21(17,18)16-14-4-2-3-5-15-14/h2-5,8-9H,6-7H2,1H3,(H,15,16). The number of pyridine rings is 1. The first-order valence-electron chi connectivity index (χ1n) is 6.40. The fourth-order valence-corrected chi connectivity index (χ4v) is 3.33. The van der Waals surface area contributed by atoms with Crippen molar-refractivity contribution < 1.29 is 17.9 Å². The Bertz CT molecular complexity index is 760. The van der Waals surface area contributed by atoms with Gasteiger partial charge in [-0.05, 0) is 30.7 Å². The van der Waals surface area contributed by atoms with Gasteiger partial charge in [0.05, 0.1) is 4.90 Å². The van der Waals surface area contributed by atoms with E-state index in [1.807, 2.05) is 0 Å². The van der Waals surface area contributed by atoms with Gasteiger partial charge in [-0.15, -0.1) is 0 Å². The molecule has 0 saturated heterocycles. The molecular weight excluding hydrogens is 292 g/mol. The highest BCUT2D eigenvalue weighted by Crippen LogP contribution is 2.35. The average molecular weight is 306 g/mol. The molecule has 7 heteroatoms. The number of aryl methyl sites for hydroxylation is 1. The van der Waals surface area contributed by atoms with E-state index in [1.54, 1.807) is 31.2 Å². The van der Waals surface area contributed by atoms with Crippen LogP contribution in [0, 0.1) is 6.92 Å². The van der Waals surface area contributed by atoms with E-state index in [4.69, 9.17) is 9.47 Å². The number of nitrogens with zero attached hydrogens (tertiary/aromatic N) is 1. The number of hydrogen-bond acceptors (Lipinski definition) is 5. The minimum Gasteiger partial charge on any atom is -0.486 e. The first-order valence-corrected chi connectivity index (χ1v) is 7.89. The molecule has 2 aromatic rings. The van der Waals surface area contributed by atoms with Gasteiger partial charge in [-0.25, -0.2) is 13.4 Å². The number of aromatic nitrogens is 1. The summed E-state index contributed by atoms with van der Waals surface area (Å²) in [5.74, 6) is 1.27. The van der Waals surface area contributed by atoms with Crippen LogP contribution in [-0.2, 0) is 10.0 Å². The van der Waals surface area contributed by atoms with Crippen LogP contribution in [0.1, 0.15) is 5.56 Å². The van der Waals surface area contributed by atoms with Crippen LogP contribution >= 0.6 is 0 Å². The van der Waals surface area contributed by atoms with Crippen LogP contribution < -0.4 is 14.2 Å². The molecule has 0 atom stereocenters. The summed E-state index contributed by atoms with van der Waals surface area (Å²) in [6.07, 6.45) is 1.52. The van der Waals surface area contributed by atoms with Crippen LogP contribution in [0.2, 0.25) is 0 Å². The molecule has 1 aliphatic rings. The van der Waals surface area contributed by atoms with Crippen LogP contribution in [0.25, 0.3) is 0 Å². The van der Waals surface area contributed by atoms with Crippen molar-refractivity contribution in [2.75, 3.05) is 17.9 Å². The van der Waals surface area contributed by atoms with E-state index in [0.717, 1.165) is 0 Å². The Balaban J connectivity index is 1.99. The fourth-order valence-electron chi connectivity index (χ4n) is 2.08. The Labute approximate surface area is 122 Å². The number of benzene rings is 1. The molecule has 3 rings (SSSR count). The molecule has 0 spiro atoms. The minimum absolute atomic E-state index is 0.150. The van der Waals surface area contributed by atoms with Crippen molar-refractivity contribution in [1.82, 2.24) is 4.98 Å². The Kier molecular flexibility index (Phi) is 3.42. The molecule has 1 N–H and O–H groups in total. The third-order valence-corrected chi connectivity index (χ3v) is 4.53. The topological polar surface area (TPSA) is 77.5 Å². The number of anilines is 1. The highest BCUT2D eigenvalue weighted by molar-refractivity contribution is 7.92. The van der Waals surface area contributed by atoms with Gasteiger partial charge >= 0.3 is 0 Å². The van der Waals surface area contributed by atoms with Crippen molar-refractivity contribution in [2.24, 2.45) is 0 Å². The summed E-state index contributed by atoms with van der Waals surface area (Å²) in [6.45, 7) is 2.58. The number of sulfonamides is 1. The number of rotatable bonds is 3. The first-order chi connectivity index (χ1) is 10.1. The number of hydrogen-bond donors (Lipinski definition) is 1. The molecule has 2 heterocycles. The van der Waals surface area contributed by atoms with Gasteiger partial charge in [-0.2, -0.15) is 0 Å². The highest BCUT2D eigenvalue weighted by atomic mass is 32.2. The third kappa shape index (κ3) is 2.78. The van der Waals surface area contributed by atoms with E-state index >= 15 is 0 Å². The van der Waals surface area contributed by atoms with Crippen molar-refractivity contribution in [1.29, 1.82) is 0 Å². The maximum absolute atomic E-state index is 12.5. The second-order valence-corrected chi connectivity index (χ2v) is 6.23. The molecule has 6 nitrogen and oxygen atoms in total. The van der Waals surface area contributed by atoms with Gasteiger partial charge in [-0.1, -0.05) is 6.07 Å². The zero-order valence-corrected chi connectivity index (χ0v) is 12.2. The predicted octanol–water partition coefficient (Wildman–Crippen LogP) is 1.96. The predicted molar refractivity (Wildman–Crippen MR) is 77.2 cm³/mol. The quantitative estimate of drug-likeness (QED) is 0.938. The lowest BCUT2D eigenvalue weighted by molar-refractivity contribution is 0.171. The molecule has 0 aliphatic carbocycles. The lowest BCUT2D eigenvalue weighted by atomic mass is 10.2. The molecule has 1 aromatic carbocycles. The number of nitrogens with one attached hydrogen (secondary N) is 1. The summed E-state index contributed by atoms with van der Waals surface area (Å²) in [6, 6.07) is 8.16. The smallest absolute Gasteiger partial charge is 0.263 e. The van der Waals surface area contributed by atoms with Crippen molar-refractivity contribution in [2.45, 2.75) is 11.8 Å². The van der Waals surface area contributed by atoms with Crippen LogP contribution in [0.3, 0.4) is 0 Å². The Morgan fingerprint density at radius 2 is 1.86 bits per heavy atom. The Hall–Kier alpha value is -2.28. The fraction of sp³-hybridized carbons (Fsp3) is 0.214. The van der Waals surface area contributed by atoms with Crippen LogP contribution in [0.15, 0.2) is 41.4 Å². The summed E-state index contributed by atoms with van der Waals surface area (Å²) >= 11 is 0. The average Bonchev–Trinajstić information content (AvgIpc) is 2.47. The summed E-state index contributed by atoms with van der Waals surface area (Å²) in [4.78, 5) is 4.11. The number of ether oxygens (including phenoxy) is 2. The summed E-state index contributed by atoms with van der Waals surface area (Å²) in [5, 5.41) is 0. The Morgan fingerprint density at radius 3 is 2.52 bits per heavy atom. The molecule has 1 aromatic heterocycles. The van der Waals surface area contributed by atoms with Crippen molar-refractivity contribution >= 4 is 15.8 Å². The van der Waals surface area contributed by atoms with Gasteiger partial charge in [0.1, 0.15) is 19.0 Å². The molecule has 0 bridgehead atoms. The van der Waals surface area contributed by atoms with Crippen LogP contribution in [0.5, 0.6) is 11.5 Å². The normalized spacial score (nSPS) is 13.8. The molecule has 0 radical (unpaired) electrons. The van der Waals surface area contributed by atoms with Gasteiger partial charge in [0.25, 0.3) is 10.0 Å². The lowest BCUT2D eigenvalue weighted by Gasteiger charge is -2.20. The first kappa shape index (κ1) is 13.7. The van der Waals surface area contributed by atoms with E-state index in [0.29, 0.717) is 30.3 Å². The molecule has 21 heavy (non-hydrogen) atoms. The van der Waals surface area contributed by atoms with Gasteiger partial charge < -0.3 is 9.47 Å². The van der Waals surface area contributed by atoms with Crippen LogP contribution in [0.4, 0.5) is 5.82 Å². The molecule has 1 aliphatic heterocycles. The molecule has 110 valence electrons. The van der Waals surface area contributed by atoms with Crippen molar-refractivity contribution in [3.05, 3.63) is 42.1 Å². The van der Waals surface area contributed by atoms with Gasteiger partial charge in [0, 0.05) is 12.3 Å².